The molecule has 0 radical (unpaired) electrons. The predicted octanol–water partition coefficient (Wildman–Crippen LogP) is 3.44. The molecule has 0 aliphatic rings. The Kier molecular flexibility index (Phi) is 6.79. The lowest BCUT2D eigenvalue weighted by Crippen LogP contribution is -2.14. The van der Waals surface area contributed by atoms with Crippen molar-refractivity contribution < 1.29 is 18.8 Å². The number of hydrogen-bond donors (Lipinski definition) is 1. The third-order valence-corrected chi connectivity index (χ3v) is 5.52. The first-order chi connectivity index (χ1) is 16.0. The normalized spacial score (nSPS) is 10.7. The highest BCUT2D eigenvalue weighted by Crippen LogP contribution is 2.24. The number of nitrogens with zero attached hydrogens (tertiary/aromatic N) is 5. The van der Waals surface area contributed by atoms with Gasteiger partial charge in [0.25, 0.3) is 5.89 Å². The number of carbonyl (C=O) groups excluding carboxylic acids is 2. The van der Waals surface area contributed by atoms with E-state index in [1.165, 1.54) is 11.8 Å². The summed E-state index contributed by atoms with van der Waals surface area (Å²) in [5, 5.41) is 15.5. The topological polar surface area (TPSA) is 125 Å². The first-order valence-electron chi connectivity index (χ1n) is 10.0. The van der Waals surface area contributed by atoms with Crippen molar-refractivity contribution in [2.24, 2.45) is 7.05 Å². The van der Waals surface area contributed by atoms with Crippen LogP contribution in [0, 0.1) is 0 Å². The minimum absolute atomic E-state index is 0.116. The Labute approximate surface area is 193 Å². The van der Waals surface area contributed by atoms with Crippen LogP contribution in [0.3, 0.4) is 0 Å². The standard InChI is InChI=1S/C22H20N6O4S/c1-3-31-21(30)15-9-11-16(12-10-15)23-17(29)13-33-22-26-25-19(28(22)2)20-24-18(27-32-20)14-7-5-4-6-8-14/h4-12H,3,13H2,1-2H3,(H,23,29). The third kappa shape index (κ3) is 5.26. The Morgan fingerprint density at radius 2 is 1.85 bits per heavy atom. The van der Waals surface area contributed by atoms with E-state index in [1.807, 2.05) is 30.3 Å². The quantitative estimate of drug-likeness (QED) is 0.308. The van der Waals surface area contributed by atoms with E-state index in [2.05, 4.69) is 25.7 Å². The van der Waals surface area contributed by atoms with Crippen LogP contribution in [0.2, 0.25) is 0 Å². The number of hydrogen-bond acceptors (Lipinski definition) is 9. The lowest BCUT2D eigenvalue weighted by atomic mass is 10.2. The van der Waals surface area contributed by atoms with Gasteiger partial charge in [0.2, 0.25) is 17.6 Å². The third-order valence-electron chi connectivity index (χ3n) is 4.50. The van der Waals surface area contributed by atoms with E-state index >= 15 is 0 Å². The number of esters is 1. The summed E-state index contributed by atoms with van der Waals surface area (Å²) in [5.74, 6) is 0.587. The highest BCUT2D eigenvalue weighted by Gasteiger charge is 2.19. The van der Waals surface area contributed by atoms with Gasteiger partial charge in [-0.1, -0.05) is 47.3 Å². The van der Waals surface area contributed by atoms with E-state index in [-0.39, 0.29) is 17.6 Å². The Morgan fingerprint density at radius 3 is 2.58 bits per heavy atom. The zero-order chi connectivity index (χ0) is 23.2. The maximum atomic E-state index is 12.3. The average molecular weight is 465 g/mol. The number of benzene rings is 2. The Balaban J connectivity index is 1.36. The first kappa shape index (κ1) is 22.2. The Bertz CT molecular complexity index is 1250. The maximum absolute atomic E-state index is 12.3. The van der Waals surface area contributed by atoms with Crippen LogP contribution >= 0.6 is 11.8 Å². The number of ether oxygens (including phenoxy) is 1. The molecule has 2 heterocycles. The molecule has 0 saturated heterocycles. The lowest BCUT2D eigenvalue weighted by Gasteiger charge is -2.06. The number of anilines is 1. The number of nitrogens with one attached hydrogen (secondary N) is 1. The van der Waals surface area contributed by atoms with Crippen molar-refractivity contribution in [3.8, 4) is 23.1 Å². The molecule has 2 aromatic heterocycles. The summed E-state index contributed by atoms with van der Waals surface area (Å²) in [6.07, 6.45) is 0. The van der Waals surface area contributed by atoms with E-state index in [1.54, 1.807) is 42.8 Å². The maximum Gasteiger partial charge on any atom is 0.338 e. The van der Waals surface area contributed by atoms with Crippen molar-refractivity contribution in [2.45, 2.75) is 12.1 Å². The van der Waals surface area contributed by atoms with Gasteiger partial charge in [-0.05, 0) is 31.2 Å². The van der Waals surface area contributed by atoms with Crippen LogP contribution in [0.1, 0.15) is 17.3 Å². The Hall–Kier alpha value is -3.99. The zero-order valence-electron chi connectivity index (χ0n) is 17.9. The van der Waals surface area contributed by atoms with Crippen molar-refractivity contribution in [2.75, 3.05) is 17.7 Å². The molecule has 0 fully saturated rings. The van der Waals surface area contributed by atoms with Gasteiger partial charge in [-0.25, -0.2) is 4.79 Å². The molecule has 1 amide bonds. The van der Waals surface area contributed by atoms with Gasteiger partial charge >= 0.3 is 5.97 Å². The fourth-order valence-electron chi connectivity index (χ4n) is 2.88. The highest BCUT2D eigenvalue weighted by atomic mass is 32.2. The number of aromatic nitrogens is 5. The molecule has 0 aliphatic carbocycles. The molecule has 168 valence electrons. The van der Waals surface area contributed by atoms with Crippen LogP contribution in [0.4, 0.5) is 5.69 Å². The van der Waals surface area contributed by atoms with Crippen LogP contribution in [0.25, 0.3) is 23.1 Å². The molecule has 1 N–H and O–H groups in total. The summed E-state index contributed by atoms with van der Waals surface area (Å²) < 4.78 is 12.0. The number of rotatable bonds is 8. The van der Waals surface area contributed by atoms with Gasteiger partial charge in [-0.15, -0.1) is 10.2 Å². The van der Waals surface area contributed by atoms with Crippen LogP contribution in [0.15, 0.2) is 64.3 Å². The molecule has 0 unspecified atom stereocenters. The number of carbonyl (C=O) groups is 2. The number of thioether (sulfide) groups is 1. The fourth-order valence-corrected chi connectivity index (χ4v) is 3.59. The van der Waals surface area contributed by atoms with E-state index in [0.717, 1.165) is 5.56 Å². The fraction of sp³-hybridized carbons (Fsp3) is 0.182. The SMILES string of the molecule is CCOC(=O)c1ccc(NC(=O)CSc2nnc(-c3nc(-c4ccccc4)no3)n2C)cc1. The van der Waals surface area contributed by atoms with Gasteiger partial charge < -0.3 is 19.1 Å². The summed E-state index contributed by atoms with van der Waals surface area (Å²) in [4.78, 5) is 28.4. The minimum atomic E-state index is -0.402. The molecule has 0 spiro atoms. The van der Waals surface area contributed by atoms with Gasteiger partial charge in [0.15, 0.2) is 5.16 Å². The molecule has 0 bridgehead atoms. The van der Waals surface area contributed by atoms with Crippen molar-refractivity contribution in [3.05, 3.63) is 60.2 Å². The number of amides is 1. The first-order valence-corrected chi connectivity index (χ1v) is 11.0. The van der Waals surface area contributed by atoms with Crippen LogP contribution in [-0.4, -0.2) is 49.1 Å². The second kappa shape index (κ2) is 10.1. The minimum Gasteiger partial charge on any atom is -0.462 e. The van der Waals surface area contributed by atoms with E-state index in [9.17, 15) is 9.59 Å². The van der Waals surface area contributed by atoms with Gasteiger partial charge in [0.05, 0.1) is 17.9 Å². The van der Waals surface area contributed by atoms with Gasteiger partial charge in [-0.2, -0.15) is 4.98 Å². The molecule has 0 atom stereocenters. The van der Waals surface area contributed by atoms with Gasteiger partial charge in [0.1, 0.15) is 0 Å². The molecule has 33 heavy (non-hydrogen) atoms. The molecule has 0 saturated carbocycles. The molecular formula is C22H20N6O4S. The molecular weight excluding hydrogens is 444 g/mol. The largest absolute Gasteiger partial charge is 0.462 e. The van der Waals surface area contributed by atoms with Crippen molar-refractivity contribution in [3.63, 3.8) is 0 Å². The summed E-state index contributed by atoms with van der Waals surface area (Å²) in [6.45, 7) is 2.05. The summed E-state index contributed by atoms with van der Waals surface area (Å²) in [5.41, 5.74) is 1.83. The summed E-state index contributed by atoms with van der Waals surface area (Å²) in [6, 6.07) is 16.0. The van der Waals surface area contributed by atoms with Crippen LogP contribution < -0.4 is 5.32 Å². The molecule has 4 aromatic rings. The molecule has 0 aliphatic heterocycles. The van der Waals surface area contributed by atoms with Crippen molar-refractivity contribution in [1.29, 1.82) is 0 Å². The van der Waals surface area contributed by atoms with Gasteiger partial charge in [-0.3, -0.25) is 4.79 Å². The van der Waals surface area contributed by atoms with E-state index < -0.39 is 5.97 Å². The van der Waals surface area contributed by atoms with Crippen molar-refractivity contribution in [1.82, 2.24) is 24.9 Å². The molecule has 2 aromatic carbocycles. The predicted molar refractivity (Wildman–Crippen MR) is 121 cm³/mol. The van der Waals surface area contributed by atoms with Crippen molar-refractivity contribution >= 4 is 29.3 Å². The monoisotopic (exact) mass is 464 g/mol. The smallest absolute Gasteiger partial charge is 0.338 e. The second-order valence-electron chi connectivity index (χ2n) is 6.79. The average Bonchev–Trinajstić information content (AvgIpc) is 3.46. The zero-order valence-corrected chi connectivity index (χ0v) is 18.7. The molecule has 11 heteroatoms. The van der Waals surface area contributed by atoms with E-state index in [0.29, 0.717) is 34.7 Å². The second-order valence-corrected chi connectivity index (χ2v) is 7.73. The van der Waals surface area contributed by atoms with Gasteiger partial charge in [0, 0.05) is 18.3 Å². The van der Waals surface area contributed by atoms with Crippen LogP contribution in [-0.2, 0) is 16.6 Å². The highest BCUT2D eigenvalue weighted by molar-refractivity contribution is 7.99. The molecule has 10 nitrogen and oxygen atoms in total. The summed E-state index contributed by atoms with van der Waals surface area (Å²) in [7, 11) is 1.76. The lowest BCUT2D eigenvalue weighted by molar-refractivity contribution is -0.113. The van der Waals surface area contributed by atoms with E-state index in [4.69, 9.17) is 9.26 Å². The van der Waals surface area contributed by atoms with Crippen LogP contribution in [0.5, 0.6) is 0 Å². The summed E-state index contributed by atoms with van der Waals surface area (Å²) >= 11 is 1.22. The Morgan fingerprint density at radius 1 is 1.09 bits per heavy atom. The molecule has 4 rings (SSSR count).